The van der Waals surface area contributed by atoms with Crippen molar-refractivity contribution in [2.24, 2.45) is 0 Å². The van der Waals surface area contributed by atoms with Crippen LogP contribution in [0.25, 0.3) is 0 Å². The number of methoxy groups -OCH3 is 1. The quantitative estimate of drug-likeness (QED) is 0.380. The van der Waals surface area contributed by atoms with Gasteiger partial charge in [0.2, 0.25) is 0 Å². The molecule has 0 aliphatic carbocycles. The Labute approximate surface area is 159 Å². The van der Waals surface area contributed by atoms with Gasteiger partial charge in [-0.15, -0.1) is 0 Å². The smallest absolute Gasteiger partial charge is 0.374 e. The van der Waals surface area contributed by atoms with E-state index in [-0.39, 0.29) is 0 Å². The van der Waals surface area contributed by atoms with Gasteiger partial charge in [0, 0.05) is 19.4 Å². The summed E-state index contributed by atoms with van der Waals surface area (Å²) >= 11 is 0. The highest BCUT2D eigenvalue weighted by Crippen LogP contribution is 2.52. The summed E-state index contributed by atoms with van der Waals surface area (Å²) in [5, 5.41) is 0. The number of aromatic nitrogens is 2. The van der Waals surface area contributed by atoms with E-state index in [2.05, 4.69) is 4.52 Å². The van der Waals surface area contributed by atoms with Gasteiger partial charge in [0.25, 0.3) is 5.56 Å². The zero-order valence-corrected chi connectivity index (χ0v) is 17.0. The number of phosphoric acid groups is 1. The van der Waals surface area contributed by atoms with E-state index in [9.17, 15) is 23.6 Å². The van der Waals surface area contributed by atoms with Crippen LogP contribution in [0.5, 0.6) is 0 Å². The van der Waals surface area contributed by atoms with Crippen LogP contribution < -0.4 is 11.2 Å². The molecule has 1 fully saturated rings. The van der Waals surface area contributed by atoms with Crippen LogP contribution in [0.2, 0.25) is 0 Å². The van der Waals surface area contributed by atoms with Gasteiger partial charge in [-0.05, 0) is 0 Å². The van der Waals surface area contributed by atoms with Crippen LogP contribution in [0.3, 0.4) is 0 Å². The van der Waals surface area contributed by atoms with Crippen molar-refractivity contribution in [3.63, 3.8) is 0 Å². The molecule has 0 amide bonds. The topological polar surface area (TPSA) is 187 Å². The number of hydrogen-bond donors (Lipinski definition) is 4. The number of aromatic amines is 1. The predicted molar refractivity (Wildman–Crippen MR) is 93.9 cm³/mol. The van der Waals surface area contributed by atoms with Crippen molar-refractivity contribution >= 4 is 15.4 Å². The summed E-state index contributed by atoms with van der Waals surface area (Å²) in [4.78, 5) is 53.3. The minimum atomic E-state index is -4.87. The molecule has 0 bridgehead atoms. The Morgan fingerprint density at radius 2 is 1.89 bits per heavy atom. The van der Waals surface area contributed by atoms with Gasteiger partial charge in [-0.1, -0.05) is 13.8 Å². The number of H-pyrrole nitrogens is 1. The monoisotopic (exact) mass is 444 g/mol. The van der Waals surface area contributed by atoms with E-state index in [1.165, 1.54) is 21.0 Å². The zero-order chi connectivity index (χ0) is 21.3. The molecule has 15 heteroatoms. The van der Waals surface area contributed by atoms with Gasteiger partial charge in [0.05, 0.1) is 12.3 Å². The van der Waals surface area contributed by atoms with Crippen molar-refractivity contribution < 1.29 is 42.3 Å². The van der Waals surface area contributed by atoms with E-state index in [1.807, 2.05) is 4.98 Å². The maximum Gasteiger partial charge on any atom is 0.469 e. The lowest BCUT2D eigenvalue weighted by Gasteiger charge is -2.27. The number of nitrogens with one attached hydrogen (secondary N) is 1. The first kappa shape index (κ1) is 23.1. The minimum Gasteiger partial charge on any atom is -0.374 e. The summed E-state index contributed by atoms with van der Waals surface area (Å²) in [6.45, 7) is 2.19. The zero-order valence-electron chi connectivity index (χ0n) is 15.2. The second kappa shape index (κ2) is 8.70. The Balaban J connectivity index is 2.41. The van der Waals surface area contributed by atoms with Crippen LogP contribution in [0, 0.1) is 0 Å². The number of nitrogens with zero attached hydrogens (tertiary/aromatic N) is 1. The van der Waals surface area contributed by atoms with Crippen LogP contribution in [0.1, 0.15) is 20.1 Å². The number of rotatable bonds is 8. The van der Waals surface area contributed by atoms with E-state index in [0.717, 1.165) is 16.8 Å². The number of ether oxygens (including phenoxy) is 2. The maximum atomic E-state index is 12.3. The Bertz CT molecular complexity index is 891. The molecule has 1 saturated heterocycles. The van der Waals surface area contributed by atoms with Gasteiger partial charge in [-0.2, -0.15) is 0 Å². The molecular weight excluding hydrogens is 422 g/mol. The number of phosphoric ester groups is 1. The first-order valence-electron chi connectivity index (χ1n) is 8.06. The predicted octanol–water partition coefficient (Wildman–Crippen LogP) is -0.463. The van der Waals surface area contributed by atoms with Crippen LogP contribution in [0.15, 0.2) is 21.9 Å². The lowest BCUT2D eigenvalue weighted by molar-refractivity contribution is -0.0620. The number of hydrogen-bond acceptors (Lipinski definition) is 8. The molecule has 2 rings (SSSR count). The summed E-state index contributed by atoms with van der Waals surface area (Å²) < 4.78 is 44.9. The Morgan fingerprint density at radius 3 is 2.39 bits per heavy atom. The molecule has 0 saturated carbocycles. The van der Waals surface area contributed by atoms with Crippen LogP contribution in [-0.4, -0.2) is 61.9 Å². The highest BCUT2D eigenvalue weighted by molar-refractivity contribution is 7.53. The van der Waals surface area contributed by atoms with Crippen molar-refractivity contribution in [2.75, 3.05) is 13.7 Å². The van der Waals surface area contributed by atoms with Gasteiger partial charge >= 0.3 is 21.1 Å². The summed E-state index contributed by atoms with van der Waals surface area (Å²) in [6, 6.07) is 1.05. The van der Waals surface area contributed by atoms with E-state index in [4.69, 9.17) is 23.8 Å². The van der Waals surface area contributed by atoms with Crippen molar-refractivity contribution in [1.82, 2.24) is 9.55 Å². The third-order valence-electron chi connectivity index (χ3n) is 4.02. The van der Waals surface area contributed by atoms with Gasteiger partial charge in [-0.25, -0.2) is 9.36 Å². The second-order valence-corrected chi connectivity index (χ2v) is 9.91. The summed E-state index contributed by atoms with van der Waals surface area (Å²) in [7, 11) is -7.80. The fourth-order valence-corrected chi connectivity index (χ4v) is 3.73. The molecule has 5 atom stereocenters. The molecule has 1 unspecified atom stereocenters. The summed E-state index contributed by atoms with van der Waals surface area (Å²) in [5.74, 6) is 0. The van der Waals surface area contributed by atoms with Crippen LogP contribution >= 0.6 is 15.4 Å². The summed E-state index contributed by atoms with van der Waals surface area (Å²) in [6.07, 6.45) is -3.80. The van der Waals surface area contributed by atoms with Gasteiger partial charge in [0.15, 0.2) is 6.23 Å². The fraction of sp³-hybridized carbons (Fsp3) is 0.692. The highest BCUT2D eigenvalue weighted by atomic mass is 31.2. The molecule has 0 aromatic carbocycles. The van der Waals surface area contributed by atoms with E-state index in [1.54, 1.807) is 0 Å². The molecule has 0 radical (unpaired) electrons. The molecule has 28 heavy (non-hydrogen) atoms. The molecule has 2 heterocycles. The molecule has 1 aliphatic heterocycles. The van der Waals surface area contributed by atoms with E-state index >= 15 is 0 Å². The van der Waals surface area contributed by atoms with Crippen molar-refractivity contribution in [3.8, 4) is 0 Å². The standard InChI is InChI=1S/C13H22N2O11P2/c1-7(2)27(18,19)26-10-8(6-24-28(20,21)22)25-12(11(10)23-3)15-5-4-9(16)14-13(15)17/h4-5,7-8,10-12H,6H2,1-3H3,(H,18,19)(H,14,16,17)(H2,20,21,22)/t8-,10-,11-,12-/m1/s1. The van der Waals surface area contributed by atoms with E-state index in [0.29, 0.717) is 0 Å². The molecule has 4 N–H and O–H groups in total. The molecule has 13 nitrogen and oxygen atoms in total. The lowest BCUT2D eigenvalue weighted by Crippen LogP contribution is -2.40. The average Bonchev–Trinajstić information content (AvgIpc) is 2.88. The Hall–Kier alpha value is -1.14. The third-order valence-corrected chi connectivity index (χ3v) is 6.35. The SMILES string of the molecule is CO[C@@H]1[C@H](OP(=O)(O)C(C)C)[C@@H](COP(=O)(O)O)O[C@H]1n1ccc(=O)[nH]c1=O. The molecule has 1 aromatic rings. The normalized spacial score (nSPS) is 27.8. The van der Waals surface area contributed by atoms with Gasteiger partial charge in [-0.3, -0.25) is 28.0 Å². The minimum absolute atomic E-state index is 0.651. The largest absolute Gasteiger partial charge is 0.469 e. The fourth-order valence-electron chi connectivity index (χ4n) is 2.54. The second-order valence-electron chi connectivity index (χ2n) is 6.30. The lowest BCUT2D eigenvalue weighted by atomic mass is 10.1. The molecule has 1 aliphatic rings. The molecule has 0 spiro atoms. The van der Waals surface area contributed by atoms with Gasteiger partial charge in [0.1, 0.15) is 18.3 Å². The molecular formula is C13H22N2O11P2. The average molecular weight is 444 g/mol. The van der Waals surface area contributed by atoms with Crippen molar-refractivity contribution in [1.29, 1.82) is 0 Å². The van der Waals surface area contributed by atoms with E-state index < -0.39 is 63.5 Å². The van der Waals surface area contributed by atoms with Crippen LogP contribution in [-0.2, 0) is 27.7 Å². The Morgan fingerprint density at radius 1 is 1.25 bits per heavy atom. The van der Waals surface area contributed by atoms with Crippen molar-refractivity contribution in [2.45, 2.75) is 44.0 Å². The first-order chi connectivity index (χ1) is 12.9. The molecule has 160 valence electrons. The summed E-state index contributed by atoms with van der Waals surface area (Å²) in [5.41, 5.74) is -2.28. The first-order valence-corrected chi connectivity index (χ1v) is 11.2. The van der Waals surface area contributed by atoms with Gasteiger partial charge < -0.3 is 24.2 Å². The van der Waals surface area contributed by atoms with Crippen molar-refractivity contribution in [3.05, 3.63) is 33.1 Å². The highest BCUT2D eigenvalue weighted by Gasteiger charge is 2.50. The maximum absolute atomic E-state index is 12.3. The molecule has 1 aromatic heterocycles. The Kier molecular flexibility index (Phi) is 7.19. The third kappa shape index (κ3) is 5.47. The van der Waals surface area contributed by atoms with Crippen LogP contribution in [0.4, 0.5) is 0 Å².